The average molecular weight is 573 g/mol. The second kappa shape index (κ2) is 12.0. The Bertz CT molecular complexity index is 1210. The number of alkyl halides is 3. The summed E-state index contributed by atoms with van der Waals surface area (Å²) in [6, 6.07) is 12.4. The highest BCUT2D eigenvalue weighted by Gasteiger charge is 2.39. The molecule has 0 spiro atoms. The van der Waals surface area contributed by atoms with Gasteiger partial charge in [-0.3, -0.25) is 4.79 Å². The third-order valence-corrected chi connectivity index (χ3v) is 8.98. The van der Waals surface area contributed by atoms with Gasteiger partial charge in [0.05, 0.1) is 5.56 Å². The van der Waals surface area contributed by atoms with Gasteiger partial charge in [-0.2, -0.15) is 13.2 Å². The van der Waals surface area contributed by atoms with Gasteiger partial charge in [0.15, 0.2) is 0 Å². The van der Waals surface area contributed by atoms with Crippen LogP contribution < -0.4 is 10.2 Å². The minimum Gasteiger partial charge on any atom is -0.382 e. The molecule has 2 aromatic carbocycles. The lowest BCUT2D eigenvalue weighted by Gasteiger charge is -2.42. The van der Waals surface area contributed by atoms with Gasteiger partial charge < -0.3 is 15.1 Å². The number of carbonyl (C=O) groups is 1. The van der Waals surface area contributed by atoms with Crippen molar-refractivity contribution in [1.82, 2.24) is 4.90 Å². The Labute approximate surface area is 241 Å². The molecule has 1 heterocycles. The zero-order valence-corrected chi connectivity index (χ0v) is 24.9. The number of halogens is 3. The number of nitrogens with one attached hydrogen (secondary N) is 1. The third-order valence-electron chi connectivity index (χ3n) is 8.98. The zero-order valence-electron chi connectivity index (χ0n) is 24.9. The van der Waals surface area contributed by atoms with Crippen LogP contribution in [0.3, 0.4) is 0 Å². The Kier molecular flexibility index (Phi) is 9.04. The minimum atomic E-state index is -4.64. The van der Waals surface area contributed by atoms with E-state index in [4.69, 9.17) is 0 Å². The number of piperidine rings is 1. The molecule has 9 heteroatoms. The highest BCUT2D eigenvalue weighted by Crippen LogP contribution is 2.39. The standard InChI is InChI=1S/C32H43F3N4O2/c1-30(2,3)23-8-13-26(14-9-23)39-18-16-31(4,17-19-39)29(40)38(5)21-22-6-10-24(11-7-22)36-25-12-15-28(37-41)27(20-25)32(33,34)35/h8-9,12-15,20,22,24,36H,6-7,10-11,16-19,21H2,1-5H3. The summed E-state index contributed by atoms with van der Waals surface area (Å²) in [6.07, 6.45) is 0.387. The SMILES string of the molecule is CN(CC1CCC(Nc2ccc(N=O)c(C(F)(F)F)c2)CC1)C(=O)C1(C)CCN(c2ccc(C(C)(C)C)cc2)CC1. The van der Waals surface area contributed by atoms with E-state index in [2.05, 4.69) is 67.4 Å². The summed E-state index contributed by atoms with van der Waals surface area (Å²) < 4.78 is 39.8. The van der Waals surface area contributed by atoms with Gasteiger partial charge in [-0.15, -0.1) is 4.91 Å². The minimum absolute atomic E-state index is 0.0442. The fourth-order valence-corrected chi connectivity index (χ4v) is 6.23. The van der Waals surface area contributed by atoms with Crippen LogP contribution in [-0.4, -0.2) is 43.5 Å². The van der Waals surface area contributed by atoms with Crippen molar-refractivity contribution in [3.05, 3.63) is 58.5 Å². The quantitative estimate of drug-likeness (QED) is 0.340. The molecule has 224 valence electrons. The number of anilines is 2. The molecule has 0 unspecified atom stereocenters. The second-order valence-electron chi connectivity index (χ2n) is 13.2. The number of nitrogens with zero attached hydrogens (tertiary/aromatic N) is 3. The number of nitroso groups, excluding NO2 is 1. The van der Waals surface area contributed by atoms with E-state index >= 15 is 0 Å². The van der Waals surface area contributed by atoms with E-state index < -0.39 is 17.4 Å². The lowest BCUT2D eigenvalue weighted by molar-refractivity contribution is -0.141. The first-order chi connectivity index (χ1) is 19.2. The summed E-state index contributed by atoms with van der Waals surface area (Å²) in [6.45, 7) is 11.1. The molecule has 1 saturated heterocycles. The molecule has 1 aliphatic heterocycles. The summed E-state index contributed by atoms with van der Waals surface area (Å²) in [4.78, 5) is 28.6. The van der Waals surface area contributed by atoms with Crippen molar-refractivity contribution in [3.8, 4) is 0 Å². The molecule has 6 nitrogen and oxygen atoms in total. The Morgan fingerprint density at radius 1 is 1.02 bits per heavy atom. The van der Waals surface area contributed by atoms with Crippen molar-refractivity contribution < 1.29 is 18.0 Å². The van der Waals surface area contributed by atoms with Crippen LogP contribution in [0.1, 0.15) is 77.3 Å². The summed E-state index contributed by atoms with van der Waals surface area (Å²) in [5.74, 6) is 0.559. The summed E-state index contributed by atoms with van der Waals surface area (Å²) in [5.41, 5.74) is 0.966. The average Bonchev–Trinajstić information content (AvgIpc) is 2.93. The van der Waals surface area contributed by atoms with Gasteiger partial charge in [-0.1, -0.05) is 39.8 Å². The van der Waals surface area contributed by atoms with E-state index in [9.17, 15) is 22.9 Å². The van der Waals surface area contributed by atoms with Crippen LogP contribution in [0.5, 0.6) is 0 Å². The van der Waals surface area contributed by atoms with E-state index in [-0.39, 0.29) is 22.8 Å². The number of hydrogen-bond acceptors (Lipinski definition) is 5. The van der Waals surface area contributed by atoms with Crippen LogP contribution in [-0.2, 0) is 16.4 Å². The first kappa shape index (κ1) is 30.8. The molecule has 0 atom stereocenters. The first-order valence-electron chi connectivity index (χ1n) is 14.6. The molecular formula is C32H43F3N4O2. The lowest BCUT2D eigenvalue weighted by atomic mass is 9.78. The molecule has 2 aliphatic rings. The molecule has 0 aromatic heterocycles. The van der Waals surface area contributed by atoms with Gasteiger partial charge in [0.1, 0.15) is 5.69 Å². The number of carbonyl (C=O) groups excluding carboxylic acids is 1. The van der Waals surface area contributed by atoms with Crippen LogP contribution in [0.25, 0.3) is 0 Å². The largest absolute Gasteiger partial charge is 0.418 e. The van der Waals surface area contributed by atoms with Crippen molar-refractivity contribution in [3.63, 3.8) is 0 Å². The Balaban J connectivity index is 1.25. The molecule has 41 heavy (non-hydrogen) atoms. The van der Waals surface area contributed by atoms with Gasteiger partial charge in [-0.05, 0) is 90.9 Å². The van der Waals surface area contributed by atoms with Gasteiger partial charge >= 0.3 is 6.18 Å². The number of amides is 1. The molecule has 0 radical (unpaired) electrons. The van der Waals surface area contributed by atoms with Crippen molar-refractivity contribution in [2.75, 3.05) is 36.9 Å². The Morgan fingerprint density at radius 3 is 2.17 bits per heavy atom. The van der Waals surface area contributed by atoms with E-state index in [1.807, 2.05) is 11.9 Å². The Morgan fingerprint density at radius 2 is 1.63 bits per heavy atom. The molecule has 1 amide bonds. The third kappa shape index (κ3) is 7.41. The van der Waals surface area contributed by atoms with Gasteiger partial charge in [0.25, 0.3) is 0 Å². The maximum absolute atomic E-state index is 13.5. The number of hydrogen-bond donors (Lipinski definition) is 1. The normalized spacial score (nSPS) is 21.3. The van der Waals surface area contributed by atoms with Gasteiger partial charge in [0.2, 0.25) is 5.91 Å². The molecule has 1 aliphatic carbocycles. The van der Waals surface area contributed by atoms with Crippen LogP contribution in [0, 0.1) is 16.2 Å². The summed E-state index contributed by atoms with van der Waals surface area (Å²) in [5, 5.41) is 5.71. The van der Waals surface area contributed by atoms with Crippen molar-refractivity contribution >= 4 is 23.0 Å². The van der Waals surface area contributed by atoms with Crippen LogP contribution in [0.2, 0.25) is 0 Å². The fourth-order valence-electron chi connectivity index (χ4n) is 6.23. The smallest absolute Gasteiger partial charge is 0.382 e. The predicted molar refractivity (Wildman–Crippen MR) is 159 cm³/mol. The topological polar surface area (TPSA) is 65.0 Å². The molecular weight excluding hydrogens is 529 g/mol. The molecule has 2 aromatic rings. The van der Waals surface area contributed by atoms with E-state index in [1.54, 1.807) is 0 Å². The highest BCUT2D eigenvalue weighted by atomic mass is 19.4. The van der Waals surface area contributed by atoms with E-state index in [1.165, 1.54) is 17.3 Å². The van der Waals surface area contributed by atoms with Crippen molar-refractivity contribution in [2.45, 2.75) is 83.9 Å². The number of benzene rings is 2. The van der Waals surface area contributed by atoms with Gasteiger partial charge in [-0.25, -0.2) is 0 Å². The highest BCUT2D eigenvalue weighted by molar-refractivity contribution is 5.82. The van der Waals surface area contributed by atoms with E-state index in [0.29, 0.717) is 18.2 Å². The monoisotopic (exact) mass is 572 g/mol. The summed E-state index contributed by atoms with van der Waals surface area (Å²) in [7, 11) is 1.90. The molecule has 2 fully saturated rings. The fraction of sp³-hybridized carbons (Fsp3) is 0.594. The maximum atomic E-state index is 13.5. The van der Waals surface area contributed by atoms with Crippen molar-refractivity contribution in [1.29, 1.82) is 0 Å². The molecule has 1 saturated carbocycles. The predicted octanol–water partition coefficient (Wildman–Crippen LogP) is 8.14. The van der Waals surface area contributed by atoms with Crippen LogP contribution in [0.15, 0.2) is 47.6 Å². The summed E-state index contributed by atoms with van der Waals surface area (Å²) >= 11 is 0. The molecule has 0 bridgehead atoms. The maximum Gasteiger partial charge on any atom is 0.418 e. The number of rotatable bonds is 7. The van der Waals surface area contributed by atoms with Crippen LogP contribution in [0.4, 0.5) is 30.2 Å². The van der Waals surface area contributed by atoms with Crippen LogP contribution >= 0.6 is 0 Å². The van der Waals surface area contributed by atoms with Crippen molar-refractivity contribution in [2.24, 2.45) is 16.5 Å². The van der Waals surface area contributed by atoms with E-state index in [0.717, 1.165) is 63.7 Å². The lowest BCUT2D eigenvalue weighted by Crippen LogP contribution is -2.49. The Hall–Kier alpha value is -3.10. The zero-order chi connectivity index (χ0) is 30.0. The first-order valence-corrected chi connectivity index (χ1v) is 14.6. The molecule has 4 rings (SSSR count). The molecule has 1 N–H and O–H groups in total. The second-order valence-corrected chi connectivity index (χ2v) is 13.2. The van der Waals surface area contributed by atoms with Gasteiger partial charge in [0, 0.05) is 49.5 Å².